The molecule has 0 amide bonds. The van der Waals surface area contributed by atoms with E-state index in [1.165, 1.54) is 25.8 Å². The number of likely N-dealkylation sites (N-methyl/N-ethyl adjacent to an activating group) is 1. The Labute approximate surface area is 322 Å². The summed E-state index contributed by atoms with van der Waals surface area (Å²) >= 11 is 1.52. The van der Waals surface area contributed by atoms with Gasteiger partial charge in [-0.1, -0.05) is 6.07 Å². The third-order valence-corrected chi connectivity index (χ3v) is 13.9. The predicted molar refractivity (Wildman–Crippen MR) is 199 cm³/mol. The lowest BCUT2D eigenvalue weighted by molar-refractivity contribution is -0.186. The summed E-state index contributed by atoms with van der Waals surface area (Å²) in [5, 5.41) is 26.4. The highest BCUT2D eigenvalue weighted by Crippen LogP contribution is 2.64. The largest absolute Gasteiger partial charge is 0.504 e. The molecule has 3 N–H and O–H groups in total. The number of aliphatic hydroxyl groups is 1. The molecular weight excluding hydrogens is 731 g/mol. The molecule has 0 aromatic heterocycles. The zero-order valence-electron chi connectivity index (χ0n) is 31.8. The smallest absolute Gasteiger partial charge is 0.331 e. The molecule has 10 rings (SSSR count). The number of nitrogens with zero attached hydrogens (tertiary/aromatic N) is 2. The van der Waals surface area contributed by atoms with Crippen molar-refractivity contribution in [1.82, 2.24) is 15.1 Å². The summed E-state index contributed by atoms with van der Waals surface area (Å²) in [6.45, 7) is 5.47. The van der Waals surface area contributed by atoms with Crippen molar-refractivity contribution >= 4 is 23.7 Å². The number of ether oxygens (including phenoxy) is 7. The van der Waals surface area contributed by atoms with E-state index in [0.717, 1.165) is 27.8 Å². The fraction of sp³-hybridized carbons (Fsp3) is 0.500. The van der Waals surface area contributed by atoms with Crippen molar-refractivity contribution in [3.05, 3.63) is 62.7 Å². The van der Waals surface area contributed by atoms with Gasteiger partial charge in [0.25, 0.3) is 0 Å². The first-order chi connectivity index (χ1) is 26.4. The van der Waals surface area contributed by atoms with E-state index in [-0.39, 0.29) is 42.7 Å². The van der Waals surface area contributed by atoms with Gasteiger partial charge in [-0.05, 0) is 68.1 Å². The van der Waals surface area contributed by atoms with Crippen molar-refractivity contribution in [1.29, 1.82) is 0 Å². The zero-order valence-corrected chi connectivity index (χ0v) is 32.6. The highest BCUT2D eigenvalue weighted by Gasteiger charge is 2.61. The molecule has 2 fully saturated rings. The number of hydrogen-bond donors (Lipinski definition) is 3. The van der Waals surface area contributed by atoms with Gasteiger partial charge in [0.2, 0.25) is 6.79 Å². The van der Waals surface area contributed by atoms with Crippen molar-refractivity contribution in [3.63, 3.8) is 0 Å². The Balaban J connectivity index is 1.33. The normalized spacial score (nSPS) is 29.1. The number of carbonyl (C=O) groups is 2. The van der Waals surface area contributed by atoms with Crippen LogP contribution >= 0.6 is 11.8 Å². The molecule has 7 heterocycles. The number of methoxy groups -OCH3 is 3. The number of benzene rings is 3. The van der Waals surface area contributed by atoms with Crippen LogP contribution in [0.1, 0.15) is 68.8 Å². The van der Waals surface area contributed by atoms with Gasteiger partial charge in [0.05, 0.1) is 44.7 Å². The van der Waals surface area contributed by atoms with Gasteiger partial charge in [0, 0.05) is 47.5 Å². The Morgan fingerprint density at radius 2 is 1.75 bits per heavy atom. The van der Waals surface area contributed by atoms with Gasteiger partial charge in [-0.2, -0.15) is 0 Å². The molecule has 55 heavy (non-hydrogen) atoms. The molecule has 4 bridgehead atoms. The van der Waals surface area contributed by atoms with Gasteiger partial charge in [0.1, 0.15) is 18.6 Å². The Morgan fingerprint density at radius 3 is 2.47 bits per heavy atom. The first-order valence-electron chi connectivity index (χ1n) is 18.5. The van der Waals surface area contributed by atoms with E-state index in [1.54, 1.807) is 26.4 Å². The molecule has 0 saturated carbocycles. The number of fused-ring (bicyclic) bond motifs is 9. The third kappa shape index (κ3) is 5.02. The molecule has 3 aromatic carbocycles. The second kappa shape index (κ2) is 13.1. The lowest BCUT2D eigenvalue weighted by Gasteiger charge is -2.62. The van der Waals surface area contributed by atoms with Crippen LogP contribution in [0.3, 0.4) is 0 Å². The summed E-state index contributed by atoms with van der Waals surface area (Å²) in [5.74, 6) is 1.98. The summed E-state index contributed by atoms with van der Waals surface area (Å²) in [4.78, 5) is 32.0. The minimum absolute atomic E-state index is 0.00949. The van der Waals surface area contributed by atoms with E-state index in [9.17, 15) is 19.8 Å². The fourth-order valence-corrected chi connectivity index (χ4v) is 11.9. The predicted octanol–water partition coefficient (Wildman–Crippen LogP) is 3.72. The number of piperazine rings is 1. The number of thioether (sulfide) groups is 1. The molecule has 1 spiro atoms. The SMILES string of the molecule is COc1cc2c(cc1O)CCN[C@]21CS[C@@H]2c3c(OC(C)=O)c(C)c4c(c3[C@@H](COC1=O)N1C2[C@@H]2c3c(cc(C)c(OC)c3OC)C[C@H]([C@@H]1O)N2C)OCO4. The average Bonchev–Trinajstić information content (AvgIpc) is 3.66. The van der Waals surface area contributed by atoms with Crippen LogP contribution in [-0.4, -0.2) is 104 Å². The maximum Gasteiger partial charge on any atom is 0.331 e. The summed E-state index contributed by atoms with van der Waals surface area (Å²) in [6.07, 6.45) is 0.113. The highest BCUT2D eigenvalue weighted by molar-refractivity contribution is 7.99. The van der Waals surface area contributed by atoms with Gasteiger partial charge < -0.3 is 43.4 Å². The molecule has 2 saturated heterocycles. The third-order valence-electron chi connectivity index (χ3n) is 12.5. The number of phenols is 1. The maximum absolute atomic E-state index is 14.7. The number of carbonyl (C=O) groups excluding carboxylic acids is 2. The number of hydrogen-bond acceptors (Lipinski definition) is 15. The molecule has 0 radical (unpaired) electrons. The van der Waals surface area contributed by atoms with Crippen LogP contribution in [0.15, 0.2) is 18.2 Å². The molecule has 14 nitrogen and oxygen atoms in total. The zero-order chi connectivity index (χ0) is 38.7. The molecule has 1 unspecified atom stereocenters. The fourth-order valence-electron chi connectivity index (χ4n) is 10.2. The van der Waals surface area contributed by atoms with E-state index < -0.39 is 41.0 Å². The Morgan fingerprint density at radius 1 is 0.982 bits per heavy atom. The minimum atomic E-state index is -1.33. The van der Waals surface area contributed by atoms with Gasteiger partial charge in [-0.15, -0.1) is 11.8 Å². The van der Waals surface area contributed by atoms with E-state index in [4.69, 9.17) is 33.2 Å². The van der Waals surface area contributed by atoms with E-state index in [0.29, 0.717) is 64.8 Å². The number of phenolic OH excluding ortho intramolecular Hbond substituents is 1. The van der Waals surface area contributed by atoms with Crippen LogP contribution in [0.25, 0.3) is 0 Å². The van der Waals surface area contributed by atoms with Crippen LogP contribution in [0, 0.1) is 13.8 Å². The Kier molecular flexibility index (Phi) is 8.62. The number of esters is 2. The van der Waals surface area contributed by atoms with Crippen LogP contribution in [0.5, 0.6) is 40.2 Å². The van der Waals surface area contributed by atoms with Crippen molar-refractivity contribution in [2.24, 2.45) is 0 Å². The standard InChI is InChI=1S/C40H45N3O11S/c1-17-10-21-11-23-38(46)43-24-14-51-39(47)40(22-13-26(48-5)25(45)12-20(22)8-9-41-40)15-55-37(31(43)30(42(23)4)27(21)35(50-7)32(17)49-6)29-28(24)36-34(52-16-53-36)18(2)33(29)54-19(3)44/h10,12-13,23-24,30-31,37-38,41,45-46H,8-9,11,14-16H2,1-7H3/t23-,24-,30+,31?,37-,38+,40-/m1/s1. The van der Waals surface area contributed by atoms with Crippen molar-refractivity contribution in [2.75, 3.05) is 54.1 Å². The van der Waals surface area contributed by atoms with E-state index in [1.807, 2.05) is 20.9 Å². The highest BCUT2D eigenvalue weighted by atomic mass is 32.2. The van der Waals surface area contributed by atoms with Crippen molar-refractivity contribution in [3.8, 4) is 40.2 Å². The van der Waals surface area contributed by atoms with Gasteiger partial charge in [0.15, 0.2) is 40.0 Å². The second-order valence-corrected chi connectivity index (χ2v) is 16.2. The van der Waals surface area contributed by atoms with E-state index in [2.05, 4.69) is 21.2 Å². The topological polar surface area (TPSA) is 158 Å². The number of aryl methyl sites for hydroxylation is 1. The van der Waals surface area contributed by atoms with E-state index >= 15 is 0 Å². The van der Waals surface area contributed by atoms with Crippen molar-refractivity contribution in [2.45, 2.75) is 74.8 Å². The Hall–Kier alpha value is -4.41. The van der Waals surface area contributed by atoms with Gasteiger partial charge in [-0.3, -0.25) is 19.9 Å². The van der Waals surface area contributed by atoms with Crippen LogP contribution in [0.2, 0.25) is 0 Å². The van der Waals surface area contributed by atoms with Crippen molar-refractivity contribution < 1.29 is 53.0 Å². The summed E-state index contributed by atoms with van der Waals surface area (Å²) < 4.78 is 42.5. The molecule has 3 aromatic rings. The summed E-state index contributed by atoms with van der Waals surface area (Å²) in [5.41, 5.74) is 5.07. The van der Waals surface area contributed by atoms with Gasteiger partial charge in [-0.25, -0.2) is 4.79 Å². The van der Waals surface area contributed by atoms with Gasteiger partial charge >= 0.3 is 11.9 Å². The Bertz CT molecular complexity index is 2150. The lowest BCUT2D eigenvalue weighted by atomic mass is 9.73. The lowest BCUT2D eigenvalue weighted by Crippen LogP contribution is -2.70. The summed E-state index contributed by atoms with van der Waals surface area (Å²) in [7, 11) is 6.78. The molecule has 7 aliphatic heterocycles. The minimum Gasteiger partial charge on any atom is -0.504 e. The molecular formula is C40H45N3O11S. The monoisotopic (exact) mass is 775 g/mol. The molecule has 0 aliphatic carbocycles. The van der Waals surface area contributed by atoms with Crippen LogP contribution < -0.4 is 33.7 Å². The number of aromatic hydroxyl groups is 1. The number of nitrogens with one attached hydrogen (secondary N) is 1. The first kappa shape index (κ1) is 36.2. The molecule has 7 aliphatic rings. The maximum atomic E-state index is 14.7. The second-order valence-electron chi connectivity index (χ2n) is 15.1. The first-order valence-corrected chi connectivity index (χ1v) is 19.5. The molecule has 7 atom stereocenters. The summed E-state index contributed by atoms with van der Waals surface area (Å²) in [6, 6.07) is 3.58. The molecule has 292 valence electrons. The molecule has 15 heteroatoms. The number of aliphatic hydroxyl groups excluding tert-OH is 1. The quantitative estimate of drug-likeness (QED) is 0.260. The van der Waals surface area contributed by atoms with Crippen LogP contribution in [-0.2, 0) is 32.7 Å². The number of rotatable bonds is 4. The average molecular weight is 776 g/mol. The van der Waals surface area contributed by atoms with Crippen LogP contribution in [0.4, 0.5) is 0 Å².